The normalized spacial score (nSPS) is 10.6. The molecule has 0 amide bonds. The van der Waals surface area contributed by atoms with Gasteiger partial charge in [-0.3, -0.25) is 0 Å². The van der Waals surface area contributed by atoms with Gasteiger partial charge in [0.2, 0.25) is 5.88 Å². The Morgan fingerprint density at radius 1 is 1.20 bits per heavy atom. The molecule has 0 saturated heterocycles. The second-order valence-electron chi connectivity index (χ2n) is 5.33. The fourth-order valence-electron chi connectivity index (χ4n) is 2.57. The Balaban J connectivity index is 2.11. The van der Waals surface area contributed by atoms with Crippen molar-refractivity contribution >= 4 is 11.9 Å². The molecule has 0 bridgehead atoms. The minimum atomic E-state index is -0.659. The number of benzene rings is 2. The third kappa shape index (κ3) is 3.19. The summed E-state index contributed by atoms with van der Waals surface area (Å²) in [5, 5.41) is 10.5. The molecular formula is C19H16FNO4. The van der Waals surface area contributed by atoms with Crippen LogP contribution in [0.15, 0.2) is 52.9 Å². The first-order chi connectivity index (χ1) is 12.0. The number of nitrogen functional groups attached to an aromatic ring is 1. The number of furan rings is 1. The maximum Gasteiger partial charge on any atom is 0.338 e. The first kappa shape index (κ1) is 16.6. The molecule has 0 spiro atoms. The Bertz CT molecular complexity index is 919. The Labute approximate surface area is 143 Å². The number of ether oxygens (including phenoxy) is 1. The van der Waals surface area contributed by atoms with E-state index >= 15 is 0 Å². The van der Waals surface area contributed by atoms with Crippen LogP contribution in [0.1, 0.15) is 17.3 Å². The summed E-state index contributed by atoms with van der Waals surface area (Å²) < 4.78 is 24.3. The molecule has 0 unspecified atom stereocenters. The maximum atomic E-state index is 13.9. The summed E-state index contributed by atoms with van der Waals surface area (Å²) in [5.74, 6) is -1.43. The van der Waals surface area contributed by atoms with E-state index in [1.165, 1.54) is 12.1 Å². The van der Waals surface area contributed by atoms with Crippen molar-refractivity contribution in [2.45, 2.75) is 6.92 Å². The molecule has 0 radical (unpaired) electrons. The van der Waals surface area contributed by atoms with Crippen LogP contribution in [0, 0.1) is 5.82 Å². The van der Waals surface area contributed by atoms with Gasteiger partial charge in [-0.15, -0.1) is 0 Å². The van der Waals surface area contributed by atoms with Crippen LogP contribution in [0.2, 0.25) is 0 Å². The summed E-state index contributed by atoms with van der Waals surface area (Å²) in [6.07, 6.45) is 0. The zero-order valence-corrected chi connectivity index (χ0v) is 13.5. The summed E-state index contributed by atoms with van der Waals surface area (Å²) in [6, 6.07) is 12.5. The third-order valence-corrected chi connectivity index (χ3v) is 3.64. The van der Waals surface area contributed by atoms with Gasteiger partial charge in [0.05, 0.1) is 17.7 Å². The molecule has 0 aliphatic heterocycles. The number of nitrogens with two attached hydrogens (primary N) is 1. The lowest BCUT2D eigenvalue weighted by molar-refractivity contribution is 0.0526. The molecular weight excluding hydrogens is 325 g/mol. The van der Waals surface area contributed by atoms with Crippen LogP contribution >= 0.6 is 0 Å². The molecule has 0 atom stereocenters. The van der Waals surface area contributed by atoms with Gasteiger partial charge in [0.1, 0.15) is 5.82 Å². The van der Waals surface area contributed by atoms with Crippen molar-refractivity contribution in [2.75, 3.05) is 12.3 Å². The summed E-state index contributed by atoms with van der Waals surface area (Å²) in [6.45, 7) is 1.83. The number of hydrogen-bond acceptors (Lipinski definition) is 5. The van der Waals surface area contributed by atoms with E-state index in [0.29, 0.717) is 5.56 Å². The van der Waals surface area contributed by atoms with Crippen LogP contribution in [-0.4, -0.2) is 17.7 Å². The summed E-state index contributed by atoms with van der Waals surface area (Å²) >= 11 is 0. The number of rotatable bonds is 4. The highest BCUT2D eigenvalue weighted by molar-refractivity contribution is 5.93. The third-order valence-electron chi connectivity index (χ3n) is 3.64. The van der Waals surface area contributed by atoms with Crippen LogP contribution in [0.3, 0.4) is 0 Å². The van der Waals surface area contributed by atoms with Crippen molar-refractivity contribution in [3.05, 3.63) is 59.9 Å². The Morgan fingerprint density at radius 2 is 1.92 bits per heavy atom. The van der Waals surface area contributed by atoms with Crippen molar-refractivity contribution in [3.63, 3.8) is 0 Å². The van der Waals surface area contributed by atoms with Crippen LogP contribution in [0.25, 0.3) is 22.5 Å². The molecule has 2 aromatic carbocycles. The zero-order chi connectivity index (χ0) is 18.0. The summed E-state index contributed by atoms with van der Waals surface area (Å²) in [4.78, 5) is 11.9. The van der Waals surface area contributed by atoms with E-state index in [9.17, 15) is 14.3 Å². The fourth-order valence-corrected chi connectivity index (χ4v) is 2.57. The molecule has 0 saturated carbocycles. The molecule has 3 N–H and O–H groups in total. The predicted octanol–water partition coefficient (Wildman–Crippen LogP) is 4.22. The average molecular weight is 341 g/mol. The maximum absolute atomic E-state index is 13.9. The molecule has 128 valence electrons. The van der Waals surface area contributed by atoms with Gasteiger partial charge in [-0.1, -0.05) is 30.3 Å². The van der Waals surface area contributed by atoms with E-state index in [1.54, 1.807) is 31.2 Å². The Morgan fingerprint density at radius 3 is 2.60 bits per heavy atom. The summed E-state index contributed by atoms with van der Waals surface area (Å²) in [5.41, 5.74) is 6.89. The first-order valence-corrected chi connectivity index (χ1v) is 7.66. The highest BCUT2D eigenvalue weighted by Gasteiger charge is 2.22. The number of anilines is 1. The largest absolute Gasteiger partial charge is 0.504 e. The van der Waals surface area contributed by atoms with Gasteiger partial charge in [-0.05, 0) is 30.7 Å². The van der Waals surface area contributed by atoms with Crippen molar-refractivity contribution in [1.82, 2.24) is 0 Å². The van der Waals surface area contributed by atoms with Crippen LogP contribution in [0.4, 0.5) is 10.3 Å². The van der Waals surface area contributed by atoms with Gasteiger partial charge in [0.25, 0.3) is 0 Å². The van der Waals surface area contributed by atoms with Crippen LogP contribution < -0.4 is 5.73 Å². The van der Waals surface area contributed by atoms with E-state index in [1.807, 2.05) is 6.07 Å². The monoisotopic (exact) mass is 341 g/mol. The second kappa shape index (κ2) is 6.68. The molecule has 0 fully saturated rings. The van der Waals surface area contributed by atoms with Crippen molar-refractivity contribution < 1.29 is 23.4 Å². The lowest BCUT2D eigenvalue weighted by atomic mass is 10.0. The minimum absolute atomic E-state index is 0.0260. The smallest absolute Gasteiger partial charge is 0.338 e. The number of hydrogen-bond donors (Lipinski definition) is 2. The SMILES string of the molecule is CCOC(=O)c1cc(F)cc(-c2c(N)oc(-c3ccccc3)c2O)c1. The van der Waals surface area contributed by atoms with E-state index in [2.05, 4.69) is 0 Å². The van der Waals surface area contributed by atoms with E-state index < -0.39 is 11.8 Å². The van der Waals surface area contributed by atoms with Crippen molar-refractivity contribution in [2.24, 2.45) is 0 Å². The van der Waals surface area contributed by atoms with Gasteiger partial charge in [-0.25, -0.2) is 9.18 Å². The second-order valence-corrected chi connectivity index (χ2v) is 5.33. The topological polar surface area (TPSA) is 85.7 Å². The van der Waals surface area contributed by atoms with Gasteiger partial charge in [0, 0.05) is 5.56 Å². The quantitative estimate of drug-likeness (QED) is 0.694. The highest BCUT2D eigenvalue weighted by atomic mass is 19.1. The number of carbonyl (C=O) groups excluding carboxylic acids is 1. The molecule has 3 aromatic rings. The lowest BCUT2D eigenvalue weighted by Crippen LogP contribution is -2.05. The fraction of sp³-hybridized carbons (Fsp3) is 0.105. The van der Waals surface area contributed by atoms with Crippen LogP contribution in [0.5, 0.6) is 5.75 Å². The number of carbonyl (C=O) groups is 1. The van der Waals surface area contributed by atoms with Crippen LogP contribution in [-0.2, 0) is 4.74 Å². The Hall–Kier alpha value is -3.28. The Kier molecular flexibility index (Phi) is 4.43. The molecule has 1 aromatic heterocycles. The number of halogens is 1. The molecule has 3 rings (SSSR count). The van der Waals surface area contributed by atoms with E-state index in [-0.39, 0.29) is 40.7 Å². The van der Waals surface area contributed by atoms with E-state index in [4.69, 9.17) is 14.9 Å². The lowest BCUT2D eigenvalue weighted by Gasteiger charge is -2.06. The van der Waals surface area contributed by atoms with Gasteiger partial charge >= 0.3 is 5.97 Å². The zero-order valence-electron chi connectivity index (χ0n) is 13.5. The molecule has 0 aliphatic rings. The molecule has 1 heterocycles. The minimum Gasteiger partial charge on any atom is -0.504 e. The van der Waals surface area contributed by atoms with Gasteiger partial charge in [-0.2, -0.15) is 0 Å². The molecule has 6 heteroatoms. The van der Waals surface area contributed by atoms with Gasteiger partial charge < -0.3 is 20.0 Å². The molecule has 25 heavy (non-hydrogen) atoms. The van der Waals surface area contributed by atoms with E-state index in [0.717, 1.165) is 6.07 Å². The molecule has 5 nitrogen and oxygen atoms in total. The molecule has 0 aliphatic carbocycles. The number of esters is 1. The highest BCUT2D eigenvalue weighted by Crippen LogP contribution is 2.45. The standard InChI is InChI=1S/C19H16FNO4/c1-2-24-19(23)13-8-12(9-14(20)10-13)15-16(22)17(25-18(15)21)11-6-4-3-5-7-11/h3-10,22H,2,21H2,1H3. The average Bonchev–Trinajstić information content (AvgIpc) is 2.90. The van der Waals surface area contributed by atoms with Crippen molar-refractivity contribution in [1.29, 1.82) is 0 Å². The van der Waals surface area contributed by atoms with Crippen molar-refractivity contribution in [3.8, 4) is 28.2 Å². The summed E-state index contributed by atoms with van der Waals surface area (Å²) in [7, 11) is 0. The first-order valence-electron chi connectivity index (χ1n) is 7.66. The number of aromatic hydroxyl groups is 1. The van der Waals surface area contributed by atoms with Gasteiger partial charge in [0.15, 0.2) is 11.5 Å². The predicted molar refractivity (Wildman–Crippen MR) is 91.6 cm³/mol.